The molecule has 0 unspecified atom stereocenters. The largest absolute Gasteiger partial charge is 0.338 e. The Kier molecular flexibility index (Phi) is 5.00. The zero-order chi connectivity index (χ0) is 12.1. The predicted octanol–water partition coefficient (Wildman–Crippen LogP) is 3.50. The van der Waals surface area contributed by atoms with Crippen LogP contribution in [-0.2, 0) is 0 Å². The molecule has 0 saturated carbocycles. The van der Waals surface area contributed by atoms with Crippen molar-refractivity contribution in [2.75, 3.05) is 13.1 Å². The molecule has 0 aromatic carbocycles. The molecule has 0 spiro atoms. The van der Waals surface area contributed by atoms with E-state index in [4.69, 9.17) is 0 Å². The molecule has 0 bridgehead atoms. The van der Waals surface area contributed by atoms with Gasteiger partial charge in [-0.1, -0.05) is 27.7 Å². The Morgan fingerprint density at radius 3 is 2.19 bits per heavy atom. The van der Waals surface area contributed by atoms with Gasteiger partial charge in [-0.2, -0.15) is 11.3 Å². The Balaban J connectivity index is 2.71. The highest BCUT2D eigenvalue weighted by Gasteiger charge is 2.17. The molecule has 1 aromatic rings. The lowest BCUT2D eigenvalue weighted by Crippen LogP contribution is -2.36. The highest BCUT2D eigenvalue weighted by atomic mass is 32.1. The second-order valence-electron chi connectivity index (χ2n) is 5.01. The van der Waals surface area contributed by atoms with Gasteiger partial charge in [-0.25, -0.2) is 0 Å². The van der Waals surface area contributed by atoms with Crippen molar-refractivity contribution >= 4 is 17.2 Å². The highest BCUT2D eigenvalue weighted by molar-refractivity contribution is 7.08. The first-order valence-corrected chi connectivity index (χ1v) is 6.76. The van der Waals surface area contributed by atoms with Crippen molar-refractivity contribution in [2.45, 2.75) is 27.7 Å². The van der Waals surface area contributed by atoms with Gasteiger partial charge in [0.15, 0.2) is 0 Å². The summed E-state index contributed by atoms with van der Waals surface area (Å²) in [5.74, 6) is 1.20. The molecule has 0 aliphatic carbocycles. The number of carbonyl (C=O) groups excluding carboxylic acids is 1. The van der Waals surface area contributed by atoms with E-state index in [0.29, 0.717) is 11.8 Å². The van der Waals surface area contributed by atoms with Gasteiger partial charge in [-0.05, 0) is 23.3 Å². The molecule has 90 valence electrons. The van der Waals surface area contributed by atoms with Crippen LogP contribution in [0.25, 0.3) is 0 Å². The summed E-state index contributed by atoms with van der Waals surface area (Å²) in [7, 11) is 0. The third-order valence-electron chi connectivity index (χ3n) is 2.23. The Labute approximate surface area is 102 Å². The molecule has 1 rings (SSSR count). The highest BCUT2D eigenvalue weighted by Crippen LogP contribution is 2.12. The average Bonchev–Trinajstić information content (AvgIpc) is 2.66. The number of amides is 1. The van der Waals surface area contributed by atoms with Gasteiger partial charge in [0.25, 0.3) is 5.91 Å². The van der Waals surface area contributed by atoms with Crippen LogP contribution >= 0.6 is 11.3 Å². The lowest BCUT2D eigenvalue weighted by Gasteiger charge is -2.26. The van der Waals surface area contributed by atoms with E-state index < -0.39 is 0 Å². The van der Waals surface area contributed by atoms with Gasteiger partial charge in [-0.15, -0.1) is 0 Å². The summed E-state index contributed by atoms with van der Waals surface area (Å²) in [5, 5.41) is 3.88. The van der Waals surface area contributed by atoms with E-state index in [1.54, 1.807) is 11.3 Å². The second kappa shape index (κ2) is 6.04. The molecule has 0 N–H and O–H groups in total. The van der Waals surface area contributed by atoms with Crippen LogP contribution in [0.4, 0.5) is 0 Å². The van der Waals surface area contributed by atoms with Gasteiger partial charge in [0.2, 0.25) is 0 Å². The lowest BCUT2D eigenvalue weighted by molar-refractivity contribution is 0.0715. The van der Waals surface area contributed by atoms with Gasteiger partial charge in [0, 0.05) is 18.5 Å². The van der Waals surface area contributed by atoms with Crippen LogP contribution in [0.15, 0.2) is 16.8 Å². The van der Waals surface area contributed by atoms with Crippen LogP contribution in [-0.4, -0.2) is 23.9 Å². The van der Waals surface area contributed by atoms with Gasteiger partial charge >= 0.3 is 0 Å². The summed E-state index contributed by atoms with van der Waals surface area (Å²) in [5.41, 5.74) is 0.825. The topological polar surface area (TPSA) is 20.3 Å². The number of hydrogen-bond donors (Lipinski definition) is 0. The standard InChI is InChI=1S/C13H21NOS/c1-10(2)7-14(8-11(3)4)13(15)12-5-6-16-9-12/h5-6,9-11H,7-8H2,1-4H3. The van der Waals surface area contributed by atoms with E-state index in [-0.39, 0.29) is 5.91 Å². The van der Waals surface area contributed by atoms with E-state index in [1.807, 2.05) is 21.7 Å². The second-order valence-corrected chi connectivity index (χ2v) is 5.79. The van der Waals surface area contributed by atoms with E-state index >= 15 is 0 Å². The Bertz CT molecular complexity index is 307. The molecule has 1 aromatic heterocycles. The summed E-state index contributed by atoms with van der Waals surface area (Å²) < 4.78 is 0. The molecule has 0 radical (unpaired) electrons. The molecule has 3 heteroatoms. The SMILES string of the molecule is CC(C)CN(CC(C)C)C(=O)c1ccsc1. The quantitative estimate of drug-likeness (QED) is 0.770. The minimum absolute atomic E-state index is 0.170. The first kappa shape index (κ1) is 13.2. The van der Waals surface area contributed by atoms with Crippen molar-refractivity contribution in [1.29, 1.82) is 0 Å². The summed E-state index contributed by atoms with van der Waals surface area (Å²) in [4.78, 5) is 14.2. The first-order chi connectivity index (χ1) is 7.50. The Hall–Kier alpha value is -0.830. The molecule has 1 heterocycles. The summed E-state index contributed by atoms with van der Waals surface area (Å²) in [6.07, 6.45) is 0. The monoisotopic (exact) mass is 239 g/mol. The van der Waals surface area contributed by atoms with Gasteiger partial charge in [-0.3, -0.25) is 4.79 Å². The van der Waals surface area contributed by atoms with E-state index in [0.717, 1.165) is 18.7 Å². The minimum atomic E-state index is 0.170. The van der Waals surface area contributed by atoms with Gasteiger partial charge in [0.1, 0.15) is 0 Å². The molecule has 0 aliphatic rings. The third-order valence-corrected chi connectivity index (χ3v) is 2.91. The molecule has 1 amide bonds. The molecule has 0 atom stereocenters. The van der Waals surface area contributed by atoms with Crippen molar-refractivity contribution in [2.24, 2.45) is 11.8 Å². The van der Waals surface area contributed by atoms with Crippen molar-refractivity contribution in [1.82, 2.24) is 4.90 Å². The number of nitrogens with zero attached hydrogens (tertiary/aromatic N) is 1. The van der Waals surface area contributed by atoms with Crippen molar-refractivity contribution in [3.63, 3.8) is 0 Å². The maximum atomic E-state index is 12.2. The van der Waals surface area contributed by atoms with E-state index in [2.05, 4.69) is 27.7 Å². The maximum Gasteiger partial charge on any atom is 0.254 e. The zero-order valence-electron chi connectivity index (χ0n) is 10.6. The molecule has 0 saturated heterocycles. The minimum Gasteiger partial charge on any atom is -0.338 e. The Morgan fingerprint density at radius 1 is 1.25 bits per heavy atom. The van der Waals surface area contributed by atoms with Crippen LogP contribution in [0, 0.1) is 11.8 Å². The van der Waals surface area contributed by atoms with Gasteiger partial charge in [0.05, 0.1) is 5.56 Å². The van der Waals surface area contributed by atoms with Crippen molar-refractivity contribution in [3.8, 4) is 0 Å². The van der Waals surface area contributed by atoms with Crippen molar-refractivity contribution in [3.05, 3.63) is 22.4 Å². The van der Waals surface area contributed by atoms with Crippen LogP contribution < -0.4 is 0 Å². The lowest BCUT2D eigenvalue weighted by atomic mass is 10.1. The zero-order valence-corrected chi connectivity index (χ0v) is 11.4. The maximum absolute atomic E-state index is 12.2. The van der Waals surface area contributed by atoms with Crippen LogP contribution in [0.2, 0.25) is 0 Å². The smallest absolute Gasteiger partial charge is 0.254 e. The Morgan fingerprint density at radius 2 is 1.81 bits per heavy atom. The molecule has 16 heavy (non-hydrogen) atoms. The molecule has 0 aliphatic heterocycles. The summed E-state index contributed by atoms with van der Waals surface area (Å²) in [6, 6.07) is 1.90. The van der Waals surface area contributed by atoms with E-state index in [1.165, 1.54) is 0 Å². The van der Waals surface area contributed by atoms with Crippen molar-refractivity contribution < 1.29 is 4.79 Å². The molecular formula is C13H21NOS. The number of thiophene rings is 1. The fraction of sp³-hybridized carbons (Fsp3) is 0.615. The van der Waals surface area contributed by atoms with Gasteiger partial charge < -0.3 is 4.90 Å². The number of hydrogen-bond acceptors (Lipinski definition) is 2. The third kappa shape index (κ3) is 3.97. The van der Waals surface area contributed by atoms with E-state index in [9.17, 15) is 4.79 Å². The normalized spacial score (nSPS) is 11.1. The average molecular weight is 239 g/mol. The number of carbonyl (C=O) groups is 1. The summed E-state index contributed by atoms with van der Waals surface area (Å²) in [6.45, 7) is 10.3. The molecule has 2 nitrogen and oxygen atoms in total. The fourth-order valence-electron chi connectivity index (χ4n) is 1.69. The first-order valence-electron chi connectivity index (χ1n) is 5.82. The molecular weight excluding hydrogens is 218 g/mol. The van der Waals surface area contributed by atoms with Crippen LogP contribution in [0.5, 0.6) is 0 Å². The fourth-order valence-corrected chi connectivity index (χ4v) is 2.32. The predicted molar refractivity (Wildman–Crippen MR) is 69.9 cm³/mol. The summed E-state index contributed by atoms with van der Waals surface area (Å²) >= 11 is 1.58. The van der Waals surface area contributed by atoms with Crippen LogP contribution in [0.1, 0.15) is 38.1 Å². The molecule has 0 fully saturated rings. The number of rotatable bonds is 5. The van der Waals surface area contributed by atoms with Crippen LogP contribution in [0.3, 0.4) is 0 Å².